The maximum Gasteiger partial charge on any atom is 0.251 e. The predicted molar refractivity (Wildman–Crippen MR) is 140 cm³/mol. The fourth-order valence-corrected chi connectivity index (χ4v) is 4.55. The number of benzene rings is 4. The summed E-state index contributed by atoms with van der Waals surface area (Å²) >= 11 is 0. The van der Waals surface area contributed by atoms with Crippen molar-refractivity contribution in [1.82, 2.24) is 10.2 Å². The summed E-state index contributed by atoms with van der Waals surface area (Å²) in [6.07, 6.45) is 0. The van der Waals surface area contributed by atoms with Crippen molar-refractivity contribution in [3.8, 4) is 16.9 Å². The van der Waals surface area contributed by atoms with E-state index in [0.29, 0.717) is 12.1 Å². The second kappa shape index (κ2) is 10.7. The van der Waals surface area contributed by atoms with E-state index in [4.69, 9.17) is 9.47 Å². The Morgan fingerprint density at radius 1 is 0.914 bits per heavy atom. The molecule has 1 N–H and O–H groups in total. The maximum atomic E-state index is 12.8. The summed E-state index contributed by atoms with van der Waals surface area (Å²) in [6, 6.07) is 28.5. The molecule has 0 spiro atoms. The minimum Gasteiger partial charge on any atom is -0.497 e. The fourth-order valence-electron chi connectivity index (χ4n) is 4.55. The molecule has 35 heavy (non-hydrogen) atoms. The van der Waals surface area contributed by atoms with Crippen molar-refractivity contribution in [2.75, 3.05) is 33.4 Å². The van der Waals surface area contributed by atoms with Gasteiger partial charge in [-0.05, 0) is 63.4 Å². The lowest BCUT2D eigenvalue weighted by Gasteiger charge is -2.26. The molecule has 0 aliphatic carbocycles. The van der Waals surface area contributed by atoms with Gasteiger partial charge in [0.2, 0.25) is 0 Å². The zero-order chi connectivity index (χ0) is 24.0. The number of hydrogen-bond donors (Lipinski definition) is 1. The van der Waals surface area contributed by atoms with E-state index >= 15 is 0 Å². The summed E-state index contributed by atoms with van der Waals surface area (Å²) in [7, 11) is 1.66. The van der Waals surface area contributed by atoms with Crippen LogP contribution in [0.25, 0.3) is 21.9 Å². The van der Waals surface area contributed by atoms with Crippen molar-refractivity contribution in [3.05, 3.63) is 102 Å². The number of hydrogen-bond acceptors (Lipinski definition) is 4. The number of rotatable bonds is 7. The Labute approximate surface area is 206 Å². The molecule has 0 atom stereocenters. The van der Waals surface area contributed by atoms with Gasteiger partial charge in [-0.15, -0.1) is 0 Å². The van der Waals surface area contributed by atoms with Crippen LogP contribution in [0.4, 0.5) is 0 Å². The standard InChI is InChI=1S/C30H30N2O3/c1-34-28-12-10-24(11-13-28)23-6-8-25(9-7-23)30(33)31-20-27-4-2-3-26-19-22(5-14-29(26)27)21-32-15-17-35-18-16-32/h2-14,19H,15-18,20-21H2,1H3,(H,31,33). The van der Waals surface area contributed by atoms with Gasteiger partial charge >= 0.3 is 0 Å². The first-order chi connectivity index (χ1) is 17.2. The van der Waals surface area contributed by atoms with E-state index < -0.39 is 0 Å². The molecular formula is C30H30N2O3. The molecule has 178 valence electrons. The molecule has 0 radical (unpaired) electrons. The zero-order valence-electron chi connectivity index (χ0n) is 20.0. The summed E-state index contributed by atoms with van der Waals surface area (Å²) < 4.78 is 10.7. The molecule has 1 amide bonds. The summed E-state index contributed by atoms with van der Waals surface area (Å²) in [6.45, 7) is 4.99. The molecule has 5 rings (SSSR count). The van der Waals surface area contributed by atoms with E-state index in [-0.39, 0.29) is 5.91 Å². The third kappa shape index (κ3) is 5.53. The molecule has 5 nitrogen and oxygen atoms in total. The van der Waals surface area contributed by atoms with Gasteiger partial charge in [0, 0.05) is 31.7 Å². The van der Waals surface area contributed by atoms with Crippen molar-refractivity contribution >= 4 is 16.7 Å². The van der Waals surface area contributed by atoms with Crippen LogP contribution in [0.3, 0.4) is 0 Å². The molecule has 1 heterocycles. The van der Waals surface area contributed by atoms with Crippen LogP contribution in [0.5, 0.6) is 5.75 Å². The van der Waals surface area contributed by atoms with Crippen LogP contribution in [0.2, 0.25) is 0 Å². The van der Waals surface area contributed by atoms with E-state index in [1.54, 1.807) is 7.11 Å². The van der Waals surface area contributed by atoms with Crippen LogP contribution in [0, 0.1) is 0 Å². The summed E-state index contributed by atoms with van der Waals surface area (Å²) in [5, 5.41) is 5.46. The molecule has 1 aliphatic heterocycles. The van der Waals surface area contributed by atoms with Gasteiger partial charge in [0.15, 0.2) is 0 Å². The largest absolute Gasteiger partial charge is 0.497 e. The number of fused-ring (bicyclic) bond motifs is 1. The monoisotopic (exact) mass is 466 g/mol. The van der Waals surface area contributed by atoms with Crippen LogP contribution in [0.15, 0.2) is 84.9 Å². The molecule has 4 aromatic carbocycles. The van der Waals surface area contributed by atoms with Crippen LogP contribution >= 0.6 is 0 Å². The van der Waals surface area contributed by atoms with Crippen molar-refractivity contribution in [2.24, 2.45) is 0 Å². The average molecular weight is 467 g/mol. The normalized spacial score (nSPS) is 14.1. The highest BCUT2D eigenvalue weighted by atomic mass is 16.5. The number of nitrogens with zero attached hydrogens (tertiary/aromatic N) is 1. The fraction of sp³-hybridized carbons (Fsp3) is 0.233. The lowest BCUT2D eigenvalue weighted by Crippen LogP contribution is -2.35. The van der Waals surface area contributed by atoms with E-state index in [0.717, 1.165) is 55.3 Å². The number of methoxy groups -OCH3 is 1. The van der Waals surface area contributed by atoms with Crippen LogP contribution in [-0.2, 0) is 17.8 Å². The van der Waals surface area contributed by atoms with Gasteiger partial charge in [-0.2, -0.15) is 0 Å². The van der Waals surface area contributed by atoms with E-state index in [2.05, 4.69) is 46.6 Å². The third-order valence-electron chi connectivity index (χ3n) is 6.55. The molecule has 1 saturated heterocycles. The average Bonchev–Trinajstić information content (AvgIpc) is 2.92. The van der Waals surface area contributed by atoms with Gasteiger partial charge < -0.3 is 14.8 Å². The maximum absolute atomic E-state index is 12.8. The first-order valence-corrected chi connectivity index (χ1v) is 12.0. The second-order valence-corrected chi connectivity index (χ2v) is 8.85. The Morgan fingerprint density at radius 3 is 2.34 bits per heavy atom. The topological polar surface area (TPSA) is 50.8 Å². The van der Waals surface area contributed by atoms with E-state index in [9.17, 15) is 4.79 Å². The molecule has 0 unspecified atom stereocenters. The van der Waals surface area contributed by atoms with Crippen LogP contribution in [0.1, 0.15) is 21.5 Å². The first-order valence-electron chi connectivity index (χ1n) is 12.0. The highest BCUT2D eigenvalue weighted by molar-refractivity contribution is 5.95. The number of amides is 1. The Bertz CT molecular complexity index is 1290. The smallest absolute Gasteiger partial charge is 0.251 e. The summed E-state index contributed by atoms with van der Waals surface area (Å²) in [5.41, 5.74) is 5.21. The Hall–Kier alpha value is -3.67. The number of morpholine rings is 1. The molecular weight excluding hydrogens is 436 g/mol. The van der Waals surface area contributed by atoms with Crippen LogP contribution < -0.4 is 10.1 Å². The van der Waals surface area contributed by atoms with Gasteiger partial charge in [-0.1, -0.05) is 54.6 Å². The minimum atomic E-state index is -0.0766. The number of nitrogens with one attached hydrogen (secondary N) is 1. The lowest BCUT2D eigenvalue weighted by atomic mass is 10.0. The van der Waals surface area contributed by atoms with Gasteiger partial charge in [-0.25, -0.2) is 0 Å². The third-order valence-corrected chi connectivity index (χ3v) is 6.55. The molecule has 1 aliphatic rings. The molecule has 0 aromatic heterocycles. The lowest BCUT2D eigenvalue weighted by molar-refractivity contribution is 0.0342. The predicted octanol–water partition coefficient (Wildman–Crippen LogP) is 5.28. The Morgan fingerprint density at radius 2 is 1.63 bits per heavy atom. The molecule has 1 fully saturated rings. The van der Waals surface area contributed by atoms with Crippen molar-refractivity contribution < 1.29 is 14.3 Å². The minimum absolute atomic E-state index is 0.0766. The molecule has 0 saturated carbocycles. The second-order valence-electron chi connectivity index (χ2n) is 8.85. The van der Waals surface area contributed by atoms with E-state index in [1.165, 1.54) is 16.3 Å². The van der Waals surface area contributed by atoms with E-state index in [1.807, 2.05) is 48.5 Å². The Kier molecular flexibility index (Phi) is 7.07. The highest BCUT2D eigenvalue weighted by Gasteiger charge is 2.12. The van der Waals surface area contributed by atoms with Gasteiger partial charge in [0.05, 0.1) is 20.3 Å². The quantitative estimate of drug-likeness (QED) is 0.403. The zero-order valence-corrected chi connectivity index (χ0v) is 20.0. The molecule has 0 bridgehead atoms. The highest BCUT2D eigenvalue weighted by Crippen LogP contribution is 2.24. The van der Waals surface area contributed by atoms with Crippen LogP contribution in [-0.4, -0.2) is 44.2 Å². The van der Waals surface area contributed by atoms with Gasteiger partial charge in [0.1, 0.15) is 5.75 Å². The van der Waals surface area contributed by atoms with Crippen molar-refractivity contribution in [2.45, 2.75) is 13.1 Å². The number of carbonyl (C=O) groups is 1. The number of ether oxygens (including phenoxy) is 2. The first kappa shape index (κ1) is 23.1. The molecule has 4 aromatic rings. The SMILES string of the molecule is COc1ccc(-c2ccc(C(=O)NCc3cccc4cc(CN5CCOCC5)ccc34)cc2)cc1. The summed E-state index contributed by atoms with van der Waals surface area (Å²) in [5.74, 6) is 0.749. The summed E-state index contributed by atoms with van der Waals surface area (Å²) in [4.78, 5) is 15.2. The Balaban J connectivity index is 1.24. The van der Waals surface area contributed by atoms with Crippen molar-refractivity contribution in [3.63, 3.8) is 0 Å². The van der Waals surface area contributed by atoms with Crippen molar-refractivity contribution in [1.29, 1.82) is 0 Å². The van der Waals surface area contributed by atoms with Gasteiger partial charge in [-0.3, -0.25) is 9.69 Å². The molecule has 5 heteroatoms. The van der Waals surface area contributed by atoms with Gasteiger partial charge in [0.25, 0.3) is 5.91 Å². The number of carbonyl (C=O) groups excluding carboxylic acids is 1.